The van der Waals surface area contributed by atoms with Gasteiger partial charge in [0.1, 0.15) is 0 Å². The summed E-state index contributed by atoms with van der Waals surface area (Å²) in [5.41, 5.74) is 1.30. The van der Waals surface area contributed by atoms with Crippen LogP contribution in [0.5, 0.6) is 0 Å². The summed E-state index contributed by atoms with van der Waals surface area (Å²) in [5.74, 6) is 0.383. The van der Waals surface area contributed by atoms with Crippen molar-refractivity contribution in [3.8, 4) is 0 Å². The van der Waals surface area contributed by atoms with E-state index in [4.69, 9.17) is 0 Å². The minimum atomic E-state index is 0.0288. The van der Waals surface area contributed by atoms with E-state index in [0.717, 1.165) is 37.5 Å². The first kappa shape index (κ1) is 17.9. The van der Waals surface area contributed by atoms with Crippen LogP contribution in [-0.2, 0) is 11.3 Å². The van der Waals surface area contributed by atoms with E-state index < -0.39 is 0 Å². The van der Waals surface area contributed by atoms with E-state index in [0.29, 0.717) is 18.3 Å². The first-order valence-electron chi connectivity index (χ1n) is 8.62. The molecule has 2 aromatic rings. The SMILES string of the molecule is CN(CCCNC(=O)CSc1nnnn1C1CC1)Cc1ccccc1. The highest BCUT2D eigenvalue weighted by molar-refractivity contribution is 7.99. The molecule has 1 fully saturated rings. The molecule has 0 radical (unpaired) electrons. The van der Waals surface area contributed by atoms with E-state index in [1.165, 1.54) is 17.3 Å². The first-order chi connectivity index (χ1) is 12.2. The molecule has 0 bridgehead atoms. The van der Waals surface area contributed by atoms with E-state index in [1.807, 2.05) is 10.7 Å². The van der Waals surface area contributed by atoms with E-state index in [2.05, 4.69) is 57.1 Å². The fourth-order valence-corrected chi connectivity index (χ4v) is 3.34. The lowest BCUT2D eigenvalue weighted by atomic mass is 10.2. The van der Waals surface area contributed by atoms with Crippen LogP contribution in [0.1, 0.15) is 30.9 Å². The fourth-order valence-electron chi connectivity index (χ4n) is 2.56. The number of carbonyl (C=O) groups is 1. The fraction of sp³-hybridized carbons (Fsp3) is 0.529. The van der Waals surface area contributed by atoms with Crippen molar-refractivity contribution in [1.82, 2.24) is 30.4 Å². The van der Waals surface area contributed by atoms with Crippen molar-refractivity contribution in [2.75, 3.05) is 25.9 Å². The Labute approximate surface area is 152 Å². The molecule has 3 rings (SSSR count). The molecule has 7 nitrogen and oxygen atoms in total. The zero-order valence-electron chi connectivity index (χ0n) is 14.5. The summed E-state index contributed by atoms with van der Waals surface area (Å²) in [6.07, 6.45) is 3.18. The number of amides is 1. The number of rotatable bonds is 10. The van der Waals surface area contributed by atoms with Gasteiger partial charge in [0.25, 0.3) is 0 Å². The molecule has 1 saturated carbocycles. The van der Waals surface area contributed by atoms with Gasteiger partial charge in [-0.15, -0.1) is 5.10 Å². The second-order valence-electron chi connectivity index (χ2n) is 6.35. The molecule has 0 spiro atoms. The Bertz CT molecular complexity index is 673. The minimum Gasteiger partial charge on any atom is -0.355 e. The van der Waals surface area contributed by atoms with Crippen LogP contribution in [-0.4, -0.2) is 56.9 Å². The predicted octanol–water partition coefficient (Wildman–Crippen LogP) is 1.74. The van der Waals surface area contributed by atoms with Crippen LogP contribution in [0.3, 0.4) is 0 Å². The standard InChI is InChI=1S/C17H24N6OS/c1-22(12-14-6-3-2-4-7-14)11-5-10-18-16(24)13-25-17-19-20-21-23(17)15-8-9-15/h2-4,6-7,15H,5,8-13H2,1H3,(H,18,24). The maximum atomic E-state index is 11.9. The summed E-state index contributed by atoms with van der Waals surface area (Å²) >= 11 is 1.40. The Morgan fingerprint density at radius 2 is 2.16 bits per heavy atom. The Morgan fingerprint density at radius 1 is 1.36 bits per heavy atom. The molecule has 1 aliphatic rings. The third-order valence-electron chi connectivity index (χ3n) is 4.02. The molecule has 1 aliphatic carbocycles. The van der Waals surface area contributed by atoms with Gasteiger partial charge in [-0.2, -0.15) is 0 Å². The molecule has 1 amide bonds. The lowest BCUT2D eigenvalue weighted by Gasteiger charge is -2.16. The zero-order valence-corrected chi connectivity index (χ0v) is 15.3. The van der Waals surface area contributed by atoms with E-state index >= 15 is 0 Å². The maximum Gasteiger partial charge on any atom is 0.230 e. The van der Waals surface area contributed by atoms with Crippen molar-refractivity contribution in [3.63, 3.8) is 0 Å². The lowest BCUT2D eigenvalue weighted by Crippen LogP contribution is -2.29. The molecule has 0 atom stereocenters. The number of benzene rings is 1. The van der Waals surface area contributed by atoms with Gasteiger partial charge in [-0.1, -0.05) is 42.1 Å². The molecule has 0 saturated heterocycles. The largest absolute Gasteiger partial charge is 0.355 e. The van der Waals surface area contributed by atoms with Crippen molar-refractivity contribution in [3.05, 3.63) is 35.9 Å². The van der Waals surface area contributed by atoms with Crippen LogP contribution in [0.25, 0.3) is 0 Å². The lowest BCUT2D eigenvalue weighted by molar-refractivity contribution is -0.118. The summed E-state index contributed by atoms with van der Waals surface area (Å²) in [6.45, 7) is 2.56. The number of hydrogen-bond acceptors (Lipinski definition) is 6. The van der Waals surface area contributed by atoms with Crippen LogP contribution >= 0.6 is 11.8 Å². The minimum absolute atomic E-state index is 0.0288. The molecular formula is C17H24N6OS. The summed E-state index contributed by atoms with van der Waals surface area (Å²) in [7, 11) is 2.10. The summed E-state index contributed by atoms with van der Waals surface area (Å²) < 4.78 is 1.83. The number of hydrogen-bond donors (Lipinski definition) is 1. The maximum absolute atomic E-state index is 11.9. The Balaban J connectivity index is 1.28. The van der Waals surface area contributed by atoms with Gasteiger partial charge in [-0.05, 0) is 48.8 Å². The van der Waals surface area contributed by atoms with Gasteiger partial charge in [0.2, 0.25) is 11.1 Å². The third-order valence-corrected chi connectivity index (χ3v) is 4.96. The molecule has 1 aromatic heterocycles. The van der Waals surface area contributed by atoms with Crippen molar-refractivity contribution in [2.24, 2.45) is 0 Å². The van der Waals surface area contributed by atoms with Gasteiger partial charge >= 0.3 is 0 Å². The molecule has 0 unspecified atom stereocenters. The average molecular weight is 360 g/mol. The first-order valence-corrected chi connectivity index (χ1v) is 9.61. The van der Waals surface area contributed by atoms with Crippen LogP contribution in [0, 0.1) is 0 Å². The number of carbonyl (C=O) groups excluding carboxylic acids is 1. The molecule has 1 aromatic carbocycles. The summed E-state index contributed by atoms with van der Waals surface area (Å²) in [4.78, 5) is 14.2. The number of thioether (sulfide) groups is 1. The molecular weight excluding hydrogens is 336 g/mol. The van der Waals surface area contributed by atoms with E-state index in [9.17, 15) is 4.79 Å². The summed E-state index contributed by atoms with van der Waals surface area (Å²) in [5, 5.41) is 15.4. The number of aromatic nitrogens is 4. The van der Waals surface area contributed by atoms with Crippen molar-refractivity contribution in [1.29, 1.82) is 0 Å². The second-order valence-corrected chi connectivity index (χ2v) is 7.30. The normalized spacial score (nSPS) is 14.0. The molecule has 134 valence electrons. The van der Waals surface area contributed by atoms with E-state index in [-0.39, 0.29) is 5.91 Å². The molecule has 25 heavy (non-hydrogen) atoms. The Kier molecular flexibility index (Phi) is 6.41. The highest BCUT2D eigenvalue weighted by Crippen LogP contribution is 2.36. The number of nitrogens with one attached hydrogen (secondary N) is 1. The summed E-state index contributed by atoms with van der Waals surface area (Å²) in [6, 6.07) is 10.8. The Morgan fingerprint density at radius 3 is 2.92 bits per heavy atom. The van der Waals surface area contributed by atoms with Gasteiger partial charge in [0, 0.05) is 13.1 Å². The molecule has 1 N–H and O–H groups in total. The number of tetrazole rings is 1. The topological polar surface area (TPSA) is 75.9 Å². The molecule has 1 heterocycles. The van der Waals surface area contributed by atoms with Crippen LogP contribution in [0.2, 0.25) is 0 Å². The van der Waals surface area contributed by atoms with Gasteiger partial charge < -0.3 is 10.2 Å². The highest BCUT2D eigenvalue weighted by atomic mass is 32.2. The van der Waals surface area contributed by atoms with Crippen molar-refractivity contribution >= 4 is 17.7 Å². The van der Waals surface area contributed by atoms with Gasteiger partial charge in [0.15, 0.2) is 0 Å². The quantitative estimate of drug-likeness (QED) is 0.514. The van der Waals surface area contributed by atoms with Crippen LogP contribution in [0.15, 0.2) is 35.5 Å². The zero-order chi connectivity index (χ0) is 17.5. The molecule has 8 heteroatoms. The van der Waals surface area contributed by atoms with Gasteiger partial charge in [-0.3, -0.25) is 4.79 Å². The smallest absolute Gasteiger partial charge is 0.230 e. The van der Waals surface area contributed by atoms with Gasteiger partial charge in [-0.25, -0.2) is 4.68 Å². The number of nitrogens with zero attached hydrogens (tertiary/aromatic N) is 5. The third kappa shape index (κ3) is 5.82. The van der Waals surface area contributed by atoms with Crippen LogP contribution < -0.4 is 5.32 Å². The van der Waals surface area contributed by atoms with Crippen molar-refractivity contribution < 1.29 is 4.79 Å². The van der Waals surface area contributed by atoms with Crippen molar-refractivity contribution in [2.45, 2.75) is 37.0 Å². The molecule has 0 aliphatic heterocycles. The van der Waals surface area contributed by atoms with E-state index in [1.54, 1.807) is 0 Å². The Hall–Kier alpha value is -1.93. The predicted molar refractivity (Wildman–Crippen MR) is 97.2 cm³/mol. The highest BCUT2D eigenvalue weighted by Gasteiger charge is 2.28. The average Bonchev–Trinajstić information content (AvgIpc) is 3.36. The van der Waals surface area contributed by atoms with Gasteiger partial charge in [0.05, 0.1) is 11.8 Å². The monoisotopic (exact) mass is 360 g/mol. The second kappa shape index (κ2) is 8.96. The van der Waals surface area contributed by atoms with Crippen LogP contribution in [0.4, 0.5) is 0 Å².